The third-order valence-electron chi connectivity index (χ3n) is 3.74. The van der Waals surface area contributed by atoms with Crippen molar-refractivity contribution in [2.75, 3.05) is 12.4 Å². The van der Waals surface area contributed by atoms with Crippen LogP contribution in [0.5, 0.6) is 0 Å². The third kappa shape index (κ3) is 4.94. The highest BCUT2D eigenvalue weighted by Crippen LogP contribution is 2.05. The third-order valence-corrected chi connectivity index (χ3v) is 3.74. The molecule has 0 aliphatic carbocycles. The highest BCUT2D eigenvalue weighted by molar-refractivity contribution is 5.88. The first kappa shape index (κ1) is 18.3. The number of rotatable bonds is 5. The SMILES string of the molecule is CNC(=O)Nc1ccc(C)n(CC(=O)NCc2cccc(C)c2)c1=O. The maximum atomic E-state index is 12.4. The maximum absolute atomic E-state index is 12.4. The molecular formula is C18H22N4O3. The number of carbonyl (C=O) groups is 2. The van der Waals surface area contributed by atoms with E-state index in [0.717, 1.165) is 11.1 Å². The molecule has 1 aromatic heterocycles. The fourth-order valence-electron chi connectivity index (χ4n) is 2.37. The average molecular weight is 342 g/mol. The number of aryl methyl sites for hydroxylation is 2. The topological polar surface area (TPSA) is 92.2 Å². The molecular weight excluding hydrogens is 320 g/mol. The number of hydrogen-bond donors (Lipinski definition) is 3. The van der Waals surface area contributed by atoms with Crippen molar-refractivity contribution < 1.29 is 9.59 Å². The molecule has 3 N–H and O–H groups in total. The second-order valence-corrected chi connectivity index (χ2v) is 5.75. The fourth-order valence-corrected chi connectivity index (χ4v) is 2.37. The Morgan fingerprint density at radius 1 is 1.12 bits per heavy atom. The van der Waals surface area contributed by atoms with Crippen molar-refractivity contribution in [3.05, 3.63) is 63.6 Å². The standard InChI is InChI=1S/C18H22N4O3/c1-12-5-4-6-14(9-12)10-20-16(23)11-22-13(2)7-8-15(17(22)24)21-18(25)19-3/h4-9H,10-11H2,1-3H3,(H,20,23)(H2,19,21,25). The van der Waals surface area contributed by atoms with E-state index >= 15 is 0 Å². The van der Waals surface area contributed by atoms with Crippen LogP contribution in [-0.2, 0) is 17.9 Å². The van der Waals surface area contributed by atoms with Crippen molar-refractivity contribution in [2.45, 2.75) is 26.9 Å². The molecule has 2 rings (SSSR count). The predicted octanol–water partition coefficient (Wildman–Crippen LogP) is 1.53. The van der Waals surface area contributed by atoms with Gasteiger partial charge in [-0.25, -0.2) is 4.79 Å². The monoisotopic (exact) mass is 342 g/mol. The molecule has 7 heteroatoms. The van der Waals surface area contributed by atoms with Crippen molar-refractivity contribution in [1.82, 2.24) is 15.2 Å². The Kier molecular flexibility index (Phi) is 5.94. The summed E-state index contributed by atoms with van der Waals surface area (Å²) in [5, 5.41) is 7.63. The first-order valence-electron chi connectivity index (χ1n) is 7.92. The van der Waals surface area contributed by atoms with Crippen molar-refractivity contribution in [3.63, 3.8) is 0 Å². The predicted molar refractivity (Wildman–Crippen MR) is 96.5 cm³/mol. The van der Waals surface area contributed by atoms with E-state index < -0.39 is 11.6 Å². The normalized spacial score (nSPS) is 10.2. The summed E-state index contributed by atoms with van der Waals surface area (Å²) in [7, 11) is 1.46. The van der Waals surface area contributed by atoms with Crippen molar-refractivity contribution in [2.24, 2.45) is 0 Å². The molecule has 0 radical (unpaired) electrons. The second kappa shape index (κ2) is 8.14. The van der Waals surface area contributed by atoms with E-state index in [0.29, 0.717) is 12.2 Å². The zero-order valence-corrected chi connectivity index (χ0v) is 14.6. The van der Waals surface area contributed by atoms with Gasteiger partial charge in [0, 0.05) is 19.3 Å². The maximum Gasteiger partial charge on any atom is 0.319 e. The molecule has 2 aromatic rings. The van der Waals surface area contributed by atoms with Crippen molar-refractivity contribution in [1.29, 1.82) is 0 Å². The highest BCUT2D eigenvalue weighted by Gasteiger charge is 2.11. The molecule has 0 unspecified atom stereocenters. The summed E-state index contributed by atoms with van der Waals surface area (Å²) in [6.45, 7) is 4.00. The molecule has 0 fully saturated rings. The molecule has 0 aliphatic rings. The lowest BCUT2D eigenvalue weighted by molar-refractivity contribution is -0.121. The lowest BCUT2D eigenvalue weighted by atomic mass is 10.1. The van der Waals surface area contributed by atoms with Crippen LogP contribution in [0.15, 0.2) is 41.2 Å². The van der Waals surface area contributed by atoms with E-state index in [-0.39, 0.29) is 18.1 Å². The van der Waals surface area contributed by atoms with E-state index in [1.807, 2.05) is 31.2 Å². The molecule has 3 amide bonds. The number of anilines is 1. The summed E-state index contributed by atoms with van der Waals surface area (Å²) in [5.74, 6) is -0.274. The first-order chi connectivity index (χ1) is 11.9. The number of hydrogen-bond acceptors (Lipinski definition) is 3. The number of benzene rings is 1. The number of nitrogens with zero attached hydrogens (tertiary/aromatic N) is 1. The number of carbonyl (C=O) groups excluding carboxylic acids is 2. The van der Waals surface area contributed by atoms with E-state index in [1.165, 1.54) is 17.7 Å². The molecule has 132 valence electrons. The van der Waals surface area contributed by atoms with Gasteiger partial charge in [-0.15, -0.1) is 0 Å². The minimum absolute atomic E-state index is 0.111. The van der Waals surface area contributed by atoms with Crippen LogP contribution in [0, 0.1) is 13.8 Å². The Morgan fingerprint density at radius 2 is 1.88 bits per heavy atom. The number of nitrogens with one attached hydrogen (secondary N) is 3. The van der Waals surface area contributed by atoms with Crippen LogP contribution in [0.1, 0.15) is 16.8 Å². The molecule has 25 heavy (non-hydrogen) atoms. The number of amides is 3. The van der Waals surface area contributed by atoms with Gasteiger partial charge < -0.3 is 20.5 Å². The molecule has 0 aliphatic heterocycles. The Hall–Kier alpha value is -3.09. The van der Waals surface area contributed by atoms with Gasteiger partial charge in [0.2, 0.25) is 5.91 Å². The Morgan fingerprint density at radius 3 is 2.56 bits per heavy atom. The van der Waals surface area contributed by atoms with Crippen LogP contribution in [0.4, 0.5) is 10.5 Å². The summed E-state index contributed by atoms with van der Waals surface area (Å²) in [6.07, 6.45) is 0. The Balaban J connectivity index is 2.08. The first-order valence-corrected chi connectivity index (χ1v) is 7.92. The van der Waals surface area contributed by atoms with Crippen LogP contribution in [0.25, 0.3) is 0 Å². The number of pyridine rings is 1. The van der Waals surface area contributed by atoms with Crippen LogP contribution in [-0.4, -0.2) is 23.6 Å². The van der Waals surface area contributed by atoms with Gasteiger partial charge in [-0.1, -0.05) is 29.8 Å². The molecule has 0 bridgehead atoms. The molecule has 1 heterocycles. The second-order valence-electron chi connectivity index (χ2n) is 5.75. The quantitative estimate of drug-likeness (QED) is 0.769. The van der Waals surface area contributed by atoms with Gasteiger partial charge in [-0.05, 0) is 31.5 Å². The minimum Gasteiger partial charge on any atom is -0.350 e. The smallest absolute Gasteiger partial charge is 0.319 e. The summed E-state index contributed by atoms with van der Waals surface area (Å²) in [5.41, 5.74) is 2.45. The zero-order valence-electron chi connectivity index (χ0n) is 14.6. The van der Waals surface area contributed by atoms with Crippen molar-refractivity contribution in [3.8, 4) is 0 Å². The van der Waals surface area contributed by atoms with Gasteiger partial charge in [0.1, 0.15) is 12.2 Å². The number of urea groups is 1. The van der Waals surface area contributed by atoms with Crippen LogP contribution in [0.2, 0.25) is 0 Å². The van der Waals surface area contributed by atoms with Crippen molar-refractivity contribution >= 4 is 17.6 Å². The van der Waals surface area contributed by atoms with Gasteiger partial charge in [0.25, 0.3) is 5.56 Å². The van der Waals surface area contributed by atoms with Gasteiger partial charge in [-0.2, -0.15) is 0 Å². The summed E-state index contributed by atoms with van der Waals surface area (Å²) >= 11 is 0. The molecule has 0 saturated carbocycles. The summed E-state index contributed by atoms with van der Waals surface area (Å²) in [6, 6.07) is 10.5. The van der Waals surface area contributed by atoms with Gasteiger partial charge >= 0.3 is 6.03 Å². The molecule has 0 spiro atoms. The van der Waals surface area contributed by atoms with E-state index in [4.69, 9.17) is 0 Å². The van der Waals surface area contributed by atoms with Gasteiger partial charge in [0.05, 0.1) is 0 Å². The highest BCUT2D eigenvalue weighted by atomic mass is 16.2. The molecule has 0 atom stereocenters. The van der Waals surface area contributed by atoms with E-state index in [2.05, 4.69) is 16.0 Å². The lowest BCUT2D eigenvalue weighted by Crippen LogP contribution is -2.35. The van der Waals surface area contributed by atoms with Gasteiger partial charge in [-0.3, -0.25) is 9.59 Å². The lowest BCUT2D eigenvalue weighted by Gasteiger charge is -2.13. The Bertz CT molecular complexity index is 842. The molecule has 7 nitrogen and oxygen atoms in total. The van der Waals surface area contributed by atoms with Crippen LogP contribution < -0.4 is 21.5 Å². The van der Waals surface area contributed by atoms with Crippen LogP contribution in [0.3, 0.4) is 0 Å². The van der Waals surface area contributed by atoms with E-state index in [9.17, 15) is 14.4 Å². The largest absolute Gasteiger partial charge is 0.350 e. The zero-order chi connectivity index (χ0) is 18.4. The summed E-state index contributed by atoms with van der Waals surface area (Å²) in [4.78, 5) is 36.0. The summed E-state index contributed by atoms with van der Waals surface area (Å²) < 4.78 is 1.33. The Labute approximate surface area is 146 Å². The average Bonchev–Trinajstić information content (AvgIpc) is 2.59. The molecule has 0 saturated heterocycles. The fraction of sp³-hybridized carbons (Fsp3) is 0.278. The minimum atomic E-state index is -0.489. The van der Waals surface area contributed by atoms with Crippen LogP contribution >= 0.6 is 0 Å². The van der Waals surface area contributed by atoms with E-state index in [1.54, 1.807) is 13.0 Å². The molecule has 1 aromatic carbocycles. The number of aromatic nitrogens is 1. The van der Waals surface area contributed by atoms with Gasteiger partial charge in [0.15, 0.2) is 0 Å².